The largest absolute Gasteiger partial charge is 0.393 e. The summed E-state index contributed by atoms with van der Waals surface area (Å²) in [6.07, 6.45) is 8.64. The summed E-state index contributed by atoms with van der Waals surface area (Å²) in [7, 11) is 0. The molecule has 4 saturated carbocycles. The molecule has 0 amide bonds. The van der Waals surface area contributed by atoms with Crippen LogP contribution in [-0.2, 0) is 0 Å². The van der Waals surface area contributed by atoms with Crippen molar-refractivity contribution in [1.82, 2.24) is 0 Å². The van der Waals surface area contributed by atoms with E-state index in [4.69, 9.17) is 0 Å². The molecule has 0 saturated heterocycles. The fourth-order valence-electron chi connectivity index (χ4n) is 7.71. The molecule has 4 rings (SSSR count). The maximum Gasteiger partial charge on any atom is 0.0596 e. The molecular weight excluding hydrogens is 288 g/mol. The van der Waals surface area contributed by atoms with Gasteiger partial charge in [0.25, 0.3) is 0 Å². The summed E-state index contributed by atoms with van der Waals surface area (Å²) in [6.45, 7) is 4.60. The van der Waals surface area contributed by atoms with Crippen LogP contribution in [0, 0.1) is 34.5 Å². The highest BCUT2D eigenvalue weighted by Crippen LogP contribution is 2.67. The zero-order valence-corrected chi connectivity index (χ0v) is 14.7. The molecule has 4 aliphatic carbocycles. The zero-order valence-electron chi connectivity index (χ0n) is 14.7. The molecule has 3 unspecified atom stereocenters. The normalized spacial score (nSPS) is 59.1. The Morgan fingerprint density at radius 1 is 0.870 bits per heavy atom. The second kappa shape index (κ2) is 5.44. The van der Waals surface area contributed by atoms with Crippen molar-refractivity contribution < 1.29 is 15.3 Å². The number of hydrogen-bond donors (Lipinski definition) is 3. The van der Waals surface area contributed by atoms with Gasteiger partial charge in [-0.2, -0.15) is 0 Å². The van der Waals surface area contributed by atoms with Gasteiger partial charge < -0.3 is 15.3 Å². The highest BCUT2D eigenvalue weighted by Gasteiger charge is 2.62. The monoisotopic (exact) mass is 322 g/mol. The quantitative estimate of drug-likeness (QED) is 0.695. The number of fused-ring (bicyclic) bond motifs is 5. The van der Waals surface area contributed by atoms with Crippen molar-refractivity contribution in [2.75, 3.05) is 0 Å². The van der Waals surface area contributed by atoms with Crippen molar-refractivity contribution in [2.24, 2.45) is 34.5 Å². The lowest BCUT2D eigenvalue weighted by Gasteiger charge is -2.63. The lowest BCUT2D eigenvalue weighted by atomic mass is 9.43. The van der Waals surface area contributed by atoms with Gasteiger partial charge in [0, 0.05) is 0 Å². The van der Waals surface area contributed by atoms with Crippen molar-refractivity contribution in [1.29, 1.82) is 0 Å². The molecule has 0 radical (unpaired) electrons. The standard InChI is InChI=1S/C20H34O3/c1-3-20-9-6-12(21)10-16(20)17(22)11-13-14-4-5-18(23)19(14,2)8-7-15(13)20/h12-18,21-23H,3-11H2,1-2H3/t12-,13?,14?,15?,16+,17-,18-,19-,20+/m0/s1. The molecule has 0 aliphatic heterocycles. The van der Waals surface area contributed by atoms with Gasteiger partial charge in [-0.05, 0) is 92.3 Å². The molecule has 9 atom stereocenters. The maximum absolute atomic E-state index is 11.0. The van der Waals surface area contributed by atoms with Crippen LogP contribution in [0.5, 0.6) is 0 Å². The van der Waals surface area contributed by atoms with Crippen LogP contribution in [0.25, 0.3) is 0 Å². The first-order chi connectivity index (χ1) is 10.9. The molecule has 0 bridgehead atoms. The van der Waals surface area contributed by atoms with E-state index in [0.29, 0.717) is 17.8 Å². The summed E-state index contributed by atoms with van der Waals surface area (Å²) in [4.78, 5) is 0. The van der Waals surface area contributed by atoms with Crippen molar-refractivity contribution in [2.45, 2.75) is 89.9 Å². The summed E-state index contributed by atoms with van der Waals surface area (Å²) < 4.78 is 0. The zero-order chi connectivity index (χ0) is 16.4. The Morgan fingerprint density at radius 3 is 2.39 bits per heavy atom. The van der Waals surface area contributed by atoms with Crippen molar-refractivity contribution in [3.8, 4) is 0 Å². The maximum atomic E-state index is 11.0. The van der Waals surface area contributed by atoms with Crippen LogP contribution in [-0.4, -0.2) is 33.6 Å². The first kappa shape index (κ1) is 16.4. The van der Waals surface area contributed by atoms with Crippen LogP contribution in [0.3, 0.4) is 0 Å². The van der Waals surface area contributed by atoms with Crippen molar-refractivity contribution in [3.63, 3.8) is 0 Å². The van der Waals surface area contributed by atoms with Gasteiger partial charge in [0.15, 0.2) is 0 Å². The van der Waals surface area contributed by atoms with Gasteiger partial charge in [-0.25, -0.2) is 0 Å². The Balaban J connectivity index is 1.69. The molecule has 0 aromatic heterocycles. The van der Waals surface area contributed by atoms with E-state index in [1.54, 1.807) is 0 Å². The van der Waals surface area contributed by atoms with E-state index < -0.39 is 0 Å². The smallest absolute Gasteiger partial charge is 0.0596 e. The average molecular weight is 322 g/mol. The van der Waals surface area contributed by atoms with Crippen LogP contribution in [0.1, 0.15) is 71.6 Å². The first-order valence-corrected chi connectivity index (χ1v) is 9.96. The summed E-state index contributed by atoms with van der Waals surface area (Å²) in [5, 5.41) is 31.6. The molecular formula is C20H34O3. The van der Waals surface area contributed by atoms with E-state index in [2.05, 4.69) is 13.8 Å². The molecule has 3 N–H and O–H groups in total. The average Bonchev–Trinajstić information content (AvgIpc) is 2.84. The topological polar surface area (TPSA) is 60.7 Å². The van der Waals surface area contributed by atoms with Gasteiger partial charge in [-0.15, -0.1) is 0 Å². The van der Waals surface area contributed by atoms with E-state index in [1.807, 2.05) is 0 Å². The van der Waals surface area contributed by atoms with Gasteiger partial charge in [-0.1, -0.05) is 13.8 Å². The highest BCUT2D eigenvalue weighted by molar-refractivity contribution is 5.11. The van der Waals surface area contributed by atoms with Gasteiger partial charge in [0.1, 0.15) is 0 Å². The first-order valence-electron chi connectivity index (χ1n) is 9.96. The molecule has 3 heteroatoms. The van der Waals surface area contributed by atoms with Crippen LogP contribution in [0.4, 0.5) is 0 Å². The molecule has 3 nitrogen and oxygen atoms in total. The molecule has 4 aliphatic rings. The Hall–Kier alpha value is -0.120. The number of rotatable bonds is 1. The molecule has 132 valence electrons. The summed E-state index contributed by atoms with van der Waals surface area (Å²) in [5.74, 6) is 2.14. The Bertz CT molecular complexity index is 466. The SMILES string of the molecule is CC[C@]12CC[C@H](O)C[C@@H]1[C@@H](O)CC1C2CC[C@@]2(C)C1CC[C@@H]2O. The molecule has 0 aromatic rings. The lowest BCUT2D eigenvalue weighted by Crippen LogP contribution is -2.59. The third kappa shape index (κ3) is 2.12. The minimum absolute atomic E-state index is 0.0802. The summed E-state index contributed by atoms with van der Waals surface area (Å²) in [6, 6.07) is 0. The molecule has 4 fully saturated rings. The molecule has 0 spiro atoms. The van der Waals surface area contributed by atoms with E-state index in [-0.39, 0.29) is 35.1 Å². The van der Waals surface area contributed by atoms with Gasteiger partial charge in [0.05, 0.1) is 18.3 Å². The predicted octanol–water partition coefficient (Wildman–Crippen LogP) is 3.11. The second-order valence-corrected chi connectivity index (χ2v) is 9.44. The number of aliphatic hydroxyl groups is 3. The fourth-order valence-corrected chi connectivity index (χ4v) is 7.71. The Labute approximate surface area is 140 Å². The van der Waals surface area contributed by atoms with Crippen molar-refractivity contribution >= 4 is 0 Å². The Kier molecular flexibility index (Phi) is 3.87. The van der Waals surface area contributed by atoms with Crippen molar-refractivity contribution in [3.05, 3.63) is 0 Å². The molecule has 0 aromatic carbocycles. The van der Waals surface area contributed by atoms with Crippen LogP contribution in [0.15, 0.2) is 0 Å². The van der Waals surface area contributed by atoms with Gasteiger partial charge >= 0.3 is 0 Å². The number of aliphatic hydroxyl groups excluding tert-OH is 3. The van der Waals surface area contributed by atoms with Crippen LogP contribution < -0.4 is 0 Å². The summed E-state index contributed by atoms with van der Waals surface area (Å²) >= 11 is 0. The molecule has 23 heavy (non-hydrogen) atoms. The van der Waals surface area contributed by atoms with E-state index in [1.165, 1.54) is 6.42 Å². The minimum atomic E-state index is -0.258. The summed E-state index contributed by atoms with van der Waals surface area (Å²) in [5.41, 5.74) is 0.313. The third-order valence-corrected chi connectivity index (χ3v) is 8.97. The lowest BCUT2D eigenvalue weighted by molar-refractivity contribution is -0.183. The van der Waals surface area contributed by atoms with E-state index >= 15 is 0 Å². The minimum Gasteiger partial charge on any atom is -0.393 e. The second-order valence-electron chi connectivity index (χ2n) is 9.44. The number of hydrogen-bond acceptors (Lipinski definition) is 3. The Morgan fingerprint density at radius 2 is 1.65 bits per heavy atom. The molecule has 0 heterocycles. The van der Waals surface area contributed by atoms with Gasteiger partial charge in [0.2, 0.25) is 0 Å². The van der Waals surface area contributed by atoms with Gasteiger partial charge in [-0.3, -0.25) is 0 Å². The fraction of sp³-hybridized carbons (Fsp3) is 1.00. The van der Waals surface area contributed by atoms with Crippen LogP contribution in [0.2, 0.25) is 0 Å². The third-order valence-electron chi connectivity index (χ3n) is 8.97. The highest BCUT2D eigenvalue weighted by atomic mass is 16.3. The van der Waals surface area contributed by atoms with E-state index in [9.17, 15) is 15.3 Å². The van der Waals surface area contributed by atoms with E-state index in [0.717, 1.165) is 51.4 Å². The predicted molar refractivity (Wildman–Crippen MR) is 89.7 cm³/mol. The van der Waals surface area contributed by atoms with Crippen LogP contribution >= 0.6 is 0 Å².